The van der Waals surface area contributed by atoms with Gasteiger partial charge in [-0.25, -0.2) is 0 Å². The minimum atomic E-state index is 0.477. The number of fused-ring (bicyclic) bond motifs is 1. The molecule has 3 heterocycles. The van der Waals surface area contributed by atoms with Crippen LogP contribution in [-0.2, 0) is 13.1 Å². The van der Waals surface area contributed by atoms with Gasteiger partial charge in [0.1, 0.15) is 5.75 Å². The summed E-state index contributed by atoms with van der Waals surface area (Å²) in [6.45, 7) is 6.73. The fourth-order valence-electron chi connectivity index (χ4n) is 4.17. The number of nitrogens with zero attached hydrogens (tertiary/aromatic N) is 4. The molecule has 0 saturated carbocycles. The zero-order chi connectivity index (χ0) is 17.1. The lowest BCUT2D eigenvalue weighted by atomic mass is 10.1. The fourth-order valence-corrected chi connectivity index (χ4v) is 4.17. The van der Waals surface area contributed by atoms with Crippen molar-refractivity contribution >= 4 is 0 Å². The lowest BCUT2D eigenvalue weighted by molar-refractivity contribution is 0.152. The van der Waals surface area contributed by atoms with Crippen molar-refractivity contribution in [1.82, 2.24) is 19.6 Å². The molecular weight excluding hydrogens is 312 g/mol. The number of ether oxygens (including phenoxy) is 1. The Hall–Kier alpha value is -1.85. The quantitative estimate of drug-likeness (QED) is 0.810. The van der Waals surface area contributed by atoms with Crippen molar-refractivity contribution in [1.29, 1.82) is 0 Å². The SMILES string of the molecule is COc1cccc(CN2Cc3ccnn3C(CCN3CCCC3)C2)c1. The Morgan fingerprint density at radius 1 is 1.16 bits per heavy atom. The second-order valence-electron chi connectivity index (χ2n) is 7.28. The summed E-state index contributed by atoms with van der Waals surface area (Å²) in [5.41, 5.74) is 2.64. The predicted molar refractivity (Wildman–Crippen MR) is 98.7 cm³/mol. The molecule has 1 unspecified atom stereocenters. The average Bonchev–Trinajstić information content (AvgIpc) is 3.31. The molecule has 0 N–H and O–H groups in total. The molecule has 2 aliphatic rings. The Morgan fingerprint density at radius 2 is 2.04 bits per heavy atom. The van der Waals surface area contributed by atoms with Gasteiger partial charge in [-0.1, -0.05) is 12.1 Å². The van der Waals surface area contributed by atoms with Crippen molar-refractivity contribution in [3.05, 3.63) is 47.8 Å². The number of aromatic nitrogens is 2. The van der Waals surface area contributed by atoms with Gasteiger partial charge in [-0.3, -0.25) is 9.58 Å². The maximum Gasteiger partial charge on any atom is 0.119 e. The van der Waals surface area contributed by atoms with Crippen LogP contribution >= 0.6 is 0 Å². The highest BCUT2D eigenvalue weighted by molar-refractivity contribution is 5.28. The van der Waals surface area contributed by atoms with E-state index in [2.05, 4.69) is 43.8 Å². The molecule has 2 aliphatic heterocycles. The van der Waals surface area contributed by atoms with E-state index >= 15 is 0 Å². The van der Waals surface area contributed by atoms with Gasteiger partial charge in [0.15, 0.2) is 0 Å². The number of hydrogen-bond donors (Lipinski definition) is 0. The van der Waals surface area contributed by atoms with E-state index in [1.165, 1.54) is 50.2 Å². The third kappa shape index (κ3) is 3.88. The second kappa shape index (κ2) is 7.58. The third-order valence-corrected chi connectivity index (χ3v) is 5.47. The molecule has 0 bridgehead atoms. The first-order valence-corrected chi connectivity index (χ1v) is 9.42. The molecule has 0 spiro atoms. The second-order valence-corrected chi connectivity index (χ2v) is 7.28. The van der Waals surface area contributed by atoms with E-state index < -0.39 is 0 Å². The van der Waals surface area contributed by atoms with Crippen molar-refractivity contribution in [3.63, 3.8) is 0 Å². The van der Waals surface area contributed by atoms with Crippen LogP contribution in [0, 0.1) is 0 Å². The Labute approximate surface area is 150 Å². The van der Waals surface area contributed by atoms with E-state index in [-0.39, 0.29) is 0 Å². The predicted octanol–water partition coefficient (Wildman–Crippen LogP) is 2.93. The maximum atomic E-state index is 5.37. The van der Waals surface area contributed by atoms with Crippen LogP contribution in [0.15, 0.2) is 36.5 Å². The van der Waals surface area contributed by atoms with Crippen LogP contribution in [0.2, 0.25) is 0 Å². The third-order valence-electron chi connectivity index (χ3n) is 5.47. The minimum absolute atomic E-state index is 0.477. The first kappa shape index (κ1) is 16.6. The van der Waals surface area contributed by atoms with Crippen LogP contribution in [0.25, 0.3) is 0 Å². The fraction of sp³-hybridized carbons (Fsp3) is 0.550. The van der Waals surface area contributed by atoms with Crippen LogP contribution in [-0.4, -0.2) is 52.9 Å². The summed E-state index contributed by atoms with van der Waals surface area (Å²) in [5, 5.41) is 4.60. The highest BCUT2D eigenvalue weighted by Gasteiger charge is 2.26. The molecule has 25 heavy (non-hydrogen) atoms. The maximum absolute atomic E-state index is 5.37. The van der Waals surface area contributed by atoms with Gasteiger partial charge in [0.25, 0.3) is 0 Å². The van der Waals surface area contributed by atoms with Crippen LogP contribution in [0.1, 0.15) is 36.6 Å². The van der Waals surface area contributed by atoms with E-state index in [9.17, 15) is 0 Å². The summed E-state index contributed by atoms with van der Waals surface area (Å²) in [4.78, 5) is 5.14. The summed E-state index contributed by atoms with van der Waals surface area (Å²) < 4.78 is 7.63. The first-order valence-electron chi connectivity index (χ1n) is 9.42. The zero-order valence-corrected chi connectivity index (χ0v) is 15.1. The van der Waals surface area contributed by atoms with Crippen molar-refractivity contribution in [2.24, 2.45) is 0 Å². The largest absolute Gasteiger partial charge is 0.497 e. The van der Waals surface area contributed by atoms with E-state index in [4.69, 9.17) is 4.74 Å². The summed E-state index contributed by atoms with van der Waals surface area (Å²) in [6, 6.07) is 11.1. The van der Waals surface area contributed by atoms with E-state index in [0.717, 1.165) is 25.4 Å². The van der Waals surface area contributed by atoms with Crippen LogP contribution in [0.3, 0.4) is 0 Å². The zero-order valence-electron chi connectivity index (χ0n) is 15.1. The van der Waals surface area contributed by atoms with E-state index in [0.29, 0.717) is 6.04 Å². The molecule has 134 valence electrons. The Balaban J connectivity index is 1.43. The molecule has 0 radical (unpaired) electrons. The monoisotopic (exact) mass is 340 g/mol. The van der Waals surface area contributed by atoms with Gasteiger partial charge in [0, 0.05) is 32.4 Å². The molecule has 1 saturated heterocycles. The van der Waals surface area contributed by atoms with Crippen molar-refractivity contribution in [2.45, 2.75) is 38.4 Å². The highest BCUT2D eigenvalue weighted by atomic mass is 16.5. The Morgan fingerprint density at radius 3 is 2.88 bits per heavy atom. The summed E-state index contributed by atoms with van der Waals surface area (Å²) in [5.74, 6) is 0.935. The molecule has 5 heteroatoms. The molecule has 0 aliphatic carbocycles. The van der Waals surface area contributed by atoms with E-state index in [1.54, 1.807) is 7.11 Å². The standard InChI is InChI=1S/C20H28N4O/c1-25-20-6-4-5-17(13-20)14-23-15-18-7-9-21-24(18)19(16-23)8-12-22-10-2-3-11-22/h4-7,9,13,19H,2-3,8,10-12,14-16H2,1H3. The molecule has 0 amide bonds. The van der Waals surface area contributed by atoms with Crippen LogP contribution in [0.4, 0.5) is 0 Å². The number of likely N-dealkylation sites (tertiary alicyclic amines) is 1. The number of methoxy groups -OCH3 is 1. The van der Waals surface area contributed by atoms with Crippen LogP contribution < -0.4 is 4.74 Å². The molecule has 5 nitrogen and oxygen atoms in total. The van der Waals surface area contributed by atoms with Gasteiger partial charge in [-0.15, -0.1) is 0 Å². The van der Waals surface area contributed by atoms with Gasteiger partial charge < -0.3 is 9.64 Å². The summed E-state index contributed by atoms with van der Waals surface area (Å²) in [6.07, 6.45) is 5.86. The van der Waals surface area contributed by atoms with Crippen molar-refractivity contribution < 1.29 is 4.74 Å². The van der Waals surface area contributed by atoms with Gasteiger partial charge in [0.2, 0.25) is 0 Å². The van der Waals surface area contributed by atoms with Gasteiger partial charge in [-0.05, 0) is 56.1 Å². The summed E-state index contributed by atoms with van der Waals surface area (Å²) in [7, 11) is 1.73. The molecule has 1 atom stereocenters. The molecule has 1 aromatic carbocycles. The molecular formula is C20H28N4O. The Kier molecular flexibility index (Phi) is 5.04. The normalized spacial score (nSPS) is 21.4. The van der Waals surface area contributed by atoms with Crippen molar-refractivity contribution in [2.75, 3.05) is 33.3 Å². The first-order chi connectivity index (χ1) is 12.3. The smallest absolute Gasteiger partial charge is 0.119 e. The van der Waals surface area contributed by atoms with Crippen LogP contribution in [0.5, 0.6) is 5.75 Å². The average molecular weight is 340 g/mol. The number of hydrogen-bond acceptors (Lipinski definition) is 4. The molecule has 1 fully saturated rings. The number of rotatable bonds is 6. The lowest BCUT2D eigenvalue weighted by Gasteiger charge is -2.34. The van der Waals surface area contributed by atoms with Gasteiger partial charge >= 0.3 is 0 Å². The van der Waals surface area contributed by atoms with Gasteiger partial charge in [-0.2, -0.15) is 5.10 Å². The highest BCUT2D eigenvalue weighted by Crippen LogP contribution is 2.26. The number of benzene rings is 1. The molecule has 4 rings (SSSR count). The van der Waals surface area contributed by atoms with E-state index in [1.807, 2.05) is 12.3 Å². The van der Waals surface area contributed by atoms with Crippen molar-refractivity contribution in [3.8, 4) is 5.75 Å². The molecule has 1 aromatic heterocycles. The van der Waals surface area contributed by atoms with Gasteiger partial charge in [0.05, 0.1) is 18.8 Å². The lowest BCUT2D eigenvalue weighted by Crippen LogP contribution is -2.38. The minimum Gasteiger partial charge on any atom is -0.497 e. The summed E-state index contributed by atoms with van der Waals surface area (Å²) >= 11 is 0. The molecule has 2 aromatic rings. The topological polar surface area (TPSA) is 33.5 Å². The Bertz CT molecular complexity index is 693.